The smallest absolute Gasteiger partial charge is 0.321 e. The lowest BCUT2D eigenvalue weighted by Crippen LogP contribution is -2.53. The van der Waals surface area contributed by atoms with Crippen molar-refractivity contribution in [1.29, 1.82) is 5.41 Å². The van der Waals surface area contributed by atoms with Gasteiger partial charge in [-0.15, -0.1) is 0 Å². The summed E-state index contributed by atoms with van der Waals surface area (Å²) in [5.74, 6) is -1.95. The number of primary amides is 1. The molecule has 4 rings (SSSR count). The van der Waals surface area contributed by atoms with Crippen LogP contribution in [0.2, 0.25) is 0 Å². The van der Waals surface area contributed by atoms with Gasteiger partial charge < -0.3 is 32.3 Å². The molecule has 0 spiro atoms. The Bertz CT molecular complexity index is 1660. The molecule has 0 bridgehead atoms. The lowest BCUT2D eigenvalue weighted by atomic mass is 9.86. The van der Waals surface area contributed by atoms with Crippen LogP contribution in [0.1, 0.15) is 35.1 Å². The molecule has 1 unspecified atom stereocenters. The Morgan fingerprint density at radius 3 is 1.96 bits per heavy atom. The Balaban J connectivity index is 1.69. The van der Waals surface area contributed by atoms with E-state index in [9.17, 15) is 19.2 Å². The maximum Gasteiger partial charge on any atom is 0.321 e. The van der Waals surface area contributed by atoms with Gasteiger partial charge in [-0.2, -0.15) is 0 Å². The van der Waals surface area contributed by atoms with Crippen molar-refractivity contribution in [2.24, 2.45) is 5.73 Å². The number of anilines is 2. The van der Waals surface area contributed by atoms with Gasteiger partial charge in [-0.3, -0.25) is 20.3 Å². The molecule has 1 atom stereocenters. The van der Waals surface area contributed by atoms with E-state index in [0.717, 1.165) is 16.7 Å². The highest BCUT2D eigenvalue weighted by atomic mass is 16.2. The van der Waals surface area contributed by atoms with E-state index in [1.165, 1.54) is 7.05 Å². The lowest BCUT2D eigenvalue weighted by molar-refractivity contribution is -0.130. The number of benzene rings is 4. The van der Waals surface area contributed by atoms with Crippen molar-refractivity contribution in [1.82, 2.24) is 21.3 Å². The van der Waals surface area contributed by atoms with Gasteiger partial charge in [0.2, 0.25) is 11.9 Å². The number of nitrogens with two attached hydrogens (primary N) is 1. The summed E-state index contributed by atoms with van der Waals surface area (Å²) in [5, 5.41) is 24.0. The van der Waals surface area contributed by atoms with Crippen molar-refractivity contribution in [2.45, 2.75) is 24.9 Å². The quantitative estimate of drug-likeness (QED) is 0.0983. The summed E-state index contributed by atoms with van der Waals surface area (Å²) < 4.78 is 0. The van der Waals surface area contributed by atoms with E-state index in [1.54, 1.807) is 55.5 Å². The fourth-order valence-electron chi connectivity index (χ4n) is 4.78. The molecule has 0 aliphatic heterocycles. The number of urea groups is 2. The van der Waals surface area contributed by atoms with Gasteiger partial charge in [-0.25, -0.2) is 9.59 Å². The Morgan fingerprint density at radius 1 is 0.783 bits per heavy atom. The summed E-state index contributed by atoms with van der Waals surface area (Å²) in [6, 6.07) is 30.8. The normalized spacial score (nSPS) is 11.8. The molecule has 0 aromatic heterocycles. The molecule has 0 fully saturated rings. The molecule has 0 radical (unpaired) electrons. The monoisotopic (exact) mass is 620 g/mol. The predicted octanol–water partition coefficient (Wildman–Crippen LogP) is 3.93. The van der Waals surface area contributed by atoms with Crippen LogP contribution >= 0.6 is 0 Å². The Labute approximate surface area is 266 Å². The van der Waals surface area contributed by atoms with Crippen LogP contribution in [-0.2, 0) is 21.7 Å². The van der Waals surface area contributed by atoms with Crippen molar-refractivity contribution < 1.29 is 19.2 Å². The van der Waals surface area contributed by atoms with Crippen molar-refractivity contribution in [3.63, 3.8) is 0 Å². The molecular formula is C34H36N8O4. The van der Waals surface area contributed by atoms with E-state index in [0.29, 0.717) is 16.9 Å². The minimum atomic E-state index is -1.61. The van der Waals surface area contributed by atoms with Crippen LogP contribution < -0.4 is 37.6 Å². The molecule has 0 aliphatic rings. The van der Waals surface area contributed by atoms with Gasteiger partial charge in [0.25, 0.3) is 5.91 Å². The average Bonchev–Trinajstić information content (AvgIpc) is 3.05. The third kappa shape index (κ3) is 8.47. The van der Waals surface area contributed by atoms with E-state index in [1.807, 2.05) is 60.7 Å². The van der Waals surface area contributed by atoms with Crippen LogP contribution in [0.25, 0.3) is 0 Å². The second kappa shape index (κ2) is 15.0. The third-order valence-corrected chi connectivity index (χ3v) is 7.21. The van der Waals surface area contributed by atoms with E-state index in [-0.39, 0.29) is 12.5 Å². The molecule has 4 aromatic rings. The molecule has 9 N–H and O–H groups in total. The summed E-state index contributed by atoms with van der Waals surface area (Å²) in [7, 11) is 1.43. The van der Waals surface area contributed by atoms with Crippen LogP contribution in [0.3, 0.4) is 0 Å². The first kappa shape index (κ1) is 32.7. The van der Waals surface area contributed by atoms with Crippen molar-refractivity contribution >= 4 is 41.2 Å². The number of rotatable bonds is 10. The summed E-state index contributed by atoms with van der Waals surface area (Å²) in [4.78, 5) is 51.1. The van der Waals surface area contributed by atoms with E-state index in [4.69, 9.17) is 11.1 Å². The summed E-state index contributed by atoms with van der Waals surface area (Å²) in [6.45, 7) is 1.83. The number of amides is 6. The highest BCUT2D eigenvalue weighted by Gasteiger charge is 2.39. The van der Waals surface area contributed by atoms with Gasteiger partial charge in [0.05, 0.1) is 5.92 Å². The average molecular weight is 621 g/mol. The third-order valence-electron chi connectivity index (χ3n) is 7.21. The summed E-state index contributed by atoms with van der Waals surface area (Å²) >= 11 is 0. The summed E-state index contributed by atoms with van der Waals surface area (Å²) in [5.41, 5.74) is 7.10. The molecule has 0 heterocycles. The first-order valence-electron chi connectivity index (χ1n) is 14.4. The Morgan fingerprint density at radius 2 is 1.39 bits per heavy atom. The first-order chi connectivity index (χ1) is 22.1. The highest BCUT2D eigenvalue weighted by molar-refractivity contribution is 6.03. The standard InChI is InChI=1S/C34H36N8O4/c1-34(25-14-9-15-27(20-25)40-31(35)41-33(46)37-2,30(44)39-26-18-16-22(17-19-26)21-38-32(36)45)42-29(43)28(23-10-5-3-6-11-23)24-12-7-4-8-13-24/h3-20,28H,21H2,1-2H3,(H,39,44)(H,42,43)(H3,36,38,45)(H4,35,37,40,41,46). The second-order valence-electron chi connectivity index (χ2n) is 10.5. The highest BCUT2D eigenvalue weighted by Crippen LogP contribution is 2.30. The van der Waals surface area contributed by atoms with Gasteiger partial charge in [0.15, 0.2) is 0 Å². The van der Waals surface area contributed by atoms with Gasteiger partial charge in [-0.05, 0) is 53.4 Å². The maximum atomic E-state index is 14.2. The molecule has 12 nitrogen and oxygen atoms in total. The molecule has 0 aliphatic carbocycles. The van der Waals surface area contributed by atoms with Crippen molar-refractivity contribution in [2.75, 3.05) is 17.7 Å². The van der Waals surface area contributed by atoms with Crippen LogP contribution in [0, 0.1) is 5.41 Å². The minimum Gasteiger partial charge on any atom is -0.352 e. The fraction of sp³-hybridized carbons (Fsp3) is 0.147. The van der Waals surface area contributed by atoms with Crippen LogP contribution in [0.4, 0.5) is 21.0 Å². The zero-order valence-corrected chi connectivity index (χ0v) is 25.4. The first-order valence-corrected chi connectivity index (χ1v) is 14.4. The molecule has 12 heteroatoms. The zero-order chi connectivity index (χ0) is 33.1. The molecule has 236 valence electrons. The van der Waals surface area contributed by atoms with Crippen molar-refractivity contribution in [3.05, 3.63) is 131 Å². The number of hydrogen-bond acceptors (Lipinski definition) is 5. The molecule has 0 saturated carbocycles. The molecule has 46 heavy (non-hydrogen) atoms. The number of guanidine groups is 1. The topological polar surface area (TPSA) is 190 Å². The Hall–Kier alpha value is -6.17. The number of carbonyl (C=O) groups is 4. The Kier molecular flexibility index (Phi) is 10.7. The van der Waals surface area contributed by atoms with Crippen molar-refractivity contribution in [3.8, 4) is 0 Å². The van der Waals surface area contributed by atoms with Crippen LogP contribution in [0.5, 0.6) is 0 Å². The van der Waals surface area contributed by atoms with Gasteiger partial charge >= 0.3 is 12.1 Å². The van der Waals surface area contributed by atoms with Gasteiger partial charge in [-0.1, -0.05) is 84.9 Å². The molecule has 0 saturated heterocycles. The predicted molar refractivity (Wildman–Crippen MR) is 177 cm³/mol. The van der Waals surface area contributed by atoms with Gasteiger partial charge in [0.1, 0.15) is 5.54 Å². The molecular weight excluding hydrogens is 584 g/mol. The van der Waals surface area contributed by atoms with Crippen LogP contribution in [-0.4, -0.2) is 36.9 Å². The second-order valence-corrected chi connectivity index (χ2v) is 10.5. The molecule has 6 amide bonds. The minimum absolute atomic E-state index is 0.223. The SMILES string of the molecule is CNC(=O)NC(=N)Nc1cccc(C(C)(NC(=O)C(c2ccccc2)c2ccccc2)C(=O)Nc2ccc(CNC(N)=O)cc2)c1. The van der Waals surface area contributed by atoms with Gasteiger partial charge in [0, 0.05) is 25.0 Å². The van der Waals surface area contributed by atoms with E-state index >= 15 is 0 Å². The zero-order valence-electron chi connectivity index (χ0n) is 25.4. The number of nitrogens with one attached hydrogen (secondary N) is 7. The maximum absolute atomic E-state index is 14.2. The lowest BCUT2D eigenvalue weighted by Gasteiger charge is -2.32. The fourth-order valence-corrected chi connectivity index (χ4v) is 4.78. The number of carbonyl (C=O) groups excluding carboxylic acids is 4. The summed E-state index contributed by atoms with van der Waals surface area (Å²) in [6.07, 6.45) is 0. The van der Waals surface area contributed by atoms with E-state index in [2.05, 4.69) is 31.9 Å². The van der Waals surface area contributed by atoms with E-state index < -0.39 is 35.3 Å². The largest absolute Gasteiger partial charge is 0.352 e. The molecule has 4 aromatic carbocycles. The van der Waals surface area contributed by atoms with Crippen LogP contribution in [0.15, 0.2) is 109 Å². The number of hydrogen-bond donors (Lipinski definition) is 8.